The highest BCUT2D eigenvalue weighted by molar-refractivity contribution is 8.71. The Morgan fingerprint density at radius 1 is 1.00 bits per heavy atom. The topological polar surface area (TPSA) is 18.5 Å². The number of ether oxygens (including phenoxy) is 2. The summed E-state index contributed by atoms with van der Waals surface area (Å²) in [5, 5.41) is 1.46. The fourth-order valence-corrected chi connectivity index (χ4v) is 12.7. The van der Waals surface area contributed by atoms with E-state index < -0.39 is 0 Å². The van der Waals surface area contributed by atoms with E-state index in [9.17, 15) is 0 Å². The van der Waals surface area contributed by atoms with Crippen LogP contribution in [0.15, 0.2) is 48.5 Å². The smallest absolute Gasteiger partial charge is 0.118 e. The second-order valence-corrected chi connectivity index (χ2v) is 11.9. The highest BCUT2D eigenvalue weighted by Gasteiger charge is 2.46. The normalized spacial score (nSPS) is 24.8. The molecule has 116 valence electrons. The van der Waals surface area contributed by atoms with Gasteiger partial charge in [-0.1, -0.05) is 43.3 Å². The standard InChI is InChI=1S/C16H18O2P2S2/c1-17-13-5-3-12(4-6-13)16(22-21)11-20(19-16)15-9-7-14(18-2)8-10-15/h3-10,19,21H,11H2,1-2H3. The fraction of sp³-hybridized carbons (Fsp3) is 0.250. The van der Waals surface area contributed by atoms with E-state index in [-0.39, 0.29) is 12.1 Å². The number of hydrogen-bond donors (Lipinski definition) is 1. The molecule has 2 nitrogen and oxygen atoms in total. The monoisotopic (exact) mass is 368 g/mol. The Morgan fingerprint density at radius 3 is 1.95 bits per heavy atom. The minimum Gasteiger partial charge on any atom is -0.497 e. The second-order valence-electron chi connectivity index (χ2n) is 5.04. The Kier molecular flexibility index (Phi) is 5.24. The van der Waals surface area contributed by atoms with Crippen LogP contribution >= 0.6 is 38.3 Å². The average molecular weight is 368 g/mol. The number of rotatable bonds is 5. The Morgan fingerprint density at radius 2 is 1.50 bits per heavy atom. The van der Waals surface area contributed by atoms with Gasteiger partial charge < -0.3 is 9.47 Å². The summed E-state index contributed by atoms with van der Waals surface area (Å²) in [4.78, 5) is 0. The predicted octanol–water partition coefficient (Wildman–Crippen LogP) is 4.85. The highest BCUT2D eigenvalue weighted by atomic mass is 33.1. The van der Waals surface area contributed by atoms with Gasteiger partial charge in [0.2, 0.25) is 0 Å². The van der Waals surface area contributed by atoms with Crippen LogP contribution in [0.3, 0.4) is 0 Å². The van der Waals surface area contributed by atoms with Gasteiger partial charge in [0, 0.05) is 0 Å². The van der Waals surface area contributed by atoms with Gasteiger partial charge in [-0.3, -0.25) is 0 Å². The van der Waals surface area contributed by atoms with Crippen LogP contribution in [0.1, 0.15) is 5.56 Å². The van der Waals surface area contributed by atoms with Crippen molar-refractivity contribution < 1.29 is 9.47 Å². The summed E-state index contributed by atoms with van der Waals surface area (Å²) < 4.78 is 10.7. The van der Waals surface area contributed by atoms with Crippen molar-refractivity contribution >= 4 is 43.6 Å². The van der Waals surface area contributed by atoms with Crippen LogP contribution in [-0.2, 0) is 4.49 Å². The molecule has 0 radical (unpaired) electrons. The maximum atomic E-state index is 5.25. The predicted molar refractivity (Wildman–Crippen MR) is 104 cm³/mol. The molecule has 0 aliphatic carbocycles. The molecule has 1 aliphatic rings. The van der Waals surface area contributed by atoms with Gasteiger partial charge in [-0.05, 0) is 48.9 Å². The van der Waals surface area contributed by atoms with Crippen molar-refractivity contribution in [1.29, 1.82) is 0 Å². The molecule has 6 heteroatoms. The lowest BCUT2D eigenvalue weighted by Crippen LogP contribution is -2.28. The van der Waals surface area contributed by atoms with Gasteiger partial charge in [-0.25, -0.2) is 0 Å². The first kappa shape index (κ1) is 16.5. The van der Waals surface area contributed by atoms with Gasteiger partial charge in [-0.2, -0.15) is 0 Å². The molecule has 2 aromatic carbocycles. The van der Waals surface area contributed by atoms with Crippen molar-refractivity contribution in [3.63, 3.8) is 0 Å². The third-order valence-electron chi connectivity index (χ3n) is 3.79. The van der Waals surface area contributed by atoms with Gasteiger partial charge in [0.1, 0.15) is 11.5 Å². The van der Waals surface area contributed by atoms with E-state index in [1.54, 1.807) is 25.0 Å². The summed E-state index contributed by atoms with van der Waals surface area (Å²) in [6.07, 6.45) is 1.19. The maximum Gasteiger partial charge on any atom is 0.118 e. The number of methoxy groups -OCH3 is 2. The first-order chi connectivity index (χ1) is 10.7. The van der Waals surface area contributed by atoms with E-state index in [1.807, 2.05) is 12.1 Å². The summed E-state index contributed by atoms with van der Waals surface area (Å²) in [5.41, 5.74) is 1.36. The third kappa shape index (κ3) is 3.12. The van der Waals surface area contributed by atoms with Crippen molar-refractivity contribution in [3.8, 4) is 11.5 Å². The Bertz CT molecular complexity index is 626. The van der Waals surface area contributed by atoms with Gasteiger partial charge in [0.15, 0.2) is 0 Å². The Balaban J connectivity index is 1.74. The molecule has 0 spiro atoms. The lowest BCUT2D eigenvalue weighted by atomic mass is 10.1. The largest absolute Gasteiger partial charge is 0.497 e. The highest BCUT2D eigenvalue weighted by Crippen LogP contribution is 2.81. The molecule has 1 saturated heterocycles. The third-order valence-corrected chi connectivity index (χ3v) is 13.5. The summed E-state index contributed by atoms with van der Waals surface area (Å²) in [5.74, 6) is 1.83. The molecule has 1 aliphatic heterocycles. The lowest BCUT2D eigenvalue weighted by molar-refractivity contribution is 0.414. The zero-order valence-electron chi connectivity index (χ0n) is 12.4. The molecule has 0 N–H and O–H groups in total. The van der Waals surface area contributed by atoms with Crippen molar-refractivity contribution in [2.75, 3.05) is 20.4 Å². The van der Waals surface area contributed by atoms with Gasteiger partial charge in [-0.15, -0.1) is 11.7 Å². The van der Waals surface area contributed by atoms with Crippen LogP contribution in [0.25, 0.3) is 0 Å². The minimum atomic E-state index is -0.0677. The molecule has 3 atom stereocenters. The van der Waals surface area contributed by atoms with E-state index in [0.29, 0.717) is 0 Å². The average Bonchev–Trinajstić information content (AvgIpc) is 2.55. The Hall–Kier alpha value is -0.400. The summed E-state index contributed by atoms with van der Waals surface area (Å²) in [7, 11) is 5.92. The fourth-order valence-electron chi connectivity index (χ4n) is 2.46. The van der Waals surface area contributed by atoms with Crippen molar-refractivity contribution in [3.05, 3.63) is 54.1 Å². The number of benzene rings is 2. The summed E-state index contributed by atoms with van der Waals surface area (Å²) in [6.45, 7) is 0. The molecule has 0 amide bonds. The molecule has 0 bridgehead atoms. The van der Waals surface area contributed by atoms with Crippen LogP contribution in [0.5, 0.6) is 11.5 Å². The van der Waals surface area contributed by atoms with Gasteiger partial charge in [0.05, 0.1) is 18.7 Å². The van der Waals surface area contributed by atoms with Gasteiger partial charge >= 0.3 is 0 Å². The summed E-state index contributed by atoms with van der Waals surface area (Å²) in [6, 6.07) is 17.0. The molecule has 1 fully saturated rings. The zero-order chi connectivity index (χ0) is 15.6. The lowest BCUT2D eigenvalue weighted by Gasteiger charge is -2.47. The van der Waals surface area contributed by atoms with Crippen molar-refractivity contribution in [2.45, 2.75) is 4.49 Å². The summed E-state index contributed by atoms with van der Waals surface area (Å²) >= 11 is 4.56. The molecule has 2 aromatic rings. The van der Waals surface area contributed by atoms with E-state index in [4.69, 9.17) is 9.47 Å². The minimum absolute atomic E-state index is 0.0677. The van der Waals surface area contributed by atoms with Crippen molar-refractivity contribution in [1.82, 2.24) is 0 Å². The van der Waals surface area contributed by atoms with Crippen LogP contribution in [-0.4, -0.2) is 20.4 Å². The van der Waals surface area contributed by atoms with Gasteiger partial charge in [0.25, 0.3) is 0 Å². The number of hydrogen-bond acceptors (Lipinski definition) is 4. The van der Waals surface area contributed by atoms with Crippen LogP contribution in [0, 0.1) is 0 Å². The molecule has 0 saturated carbocycles. The first-order valence-corrected chi connectivity index (χ1v) is 12.1. The molecule has 3 rings (SSSR count). The SMILES string of the molecule is COc1ccc(P2CC(SS)(c3ccc(OC)cc3)P2)cc1. The van der Waals surface area contributed by atoms with Crippen molar-refractivity contribution in [2.24, 2.45) is 0 Å². The molecule has 0 aromatic heterocycles. The van der Waals surface area contributed by atoms with E-state index in [1.165, 1.54) is 17.0 Å². The van der Waals surface area contributed by atoms with Crippen LogP contribution < -0.4 is 14.8 Å². The quantitative estimate of drug-likeness (QED) is 0.462. The first-order valence-electron chi connectivity index (χ1n) is 6.87. The second kappa shape index (κ2) is 7.01. The van der Waals surface area contributed by atoms with Crippen LogP contribution in [0.2, 0.25) is 0 Å². The maximum absolute atomic E-state index is 5.25. The molecule has 22 heavy (non-hydrogen) atoms. The molecular weight excluding hydrogens is 350 g/mol. The van der Waals surface area contributed by atoms with E-state index >= 15 is 0 Å². The Labute approximate surface area is 143 Å². The number of thiol groups is 1. The van der Waals surface area contributed by atoms with E-state index in [2.05, 4.69) is 48.1 Å². The molecule has 1 heterocycles. The zero-order valence-corrected chi connectivity index (χ0v) is 16.1. The molecule has 3 unspecified atom stereocenters. The van der Waals surface area contributed by atoms with E-state index in [0.717, 1.165) is 19.8 Å². The molecular formula is C16H18O2P2S2. The van der Waals surface area contributed by atoms with Crippen LogP contribution in [0.4, 0.5) is 0 Å².